The minimum Gasteiger partial charge on any atom is -0.206 e. The van der Waals surface area contributed by atoms with E-state index >= 15 is 0 Å². The quantitative estimate of drug-likeness (QED) is 0.233. The SMILES string of the molecule is CCCCc1ccc2c(cc(F)c3cc(-c4ccc(C(F)(F)F)cc4)ccc32)c1F. The zero-order valence-electron chi connectivity index (χ0n) is 16.3. The largest absolute Gasteiger partial charge is 0.416 e. The fourth-order valence-corrected chi connectivity index (χ4v) is 3.79. The maximum absolute atomic E-state index is 14.9. The van der Waals surface area contributed by atoms with Gasteiger partial charge in [0, 0.05) is 10.8 Å². The van der Waals surface area contributed by atoms with Gasteiger partial charge in [-0.1, -0.05) is 49.7 Å². The average Bonchev–Trinajstić information content (AvgIpc) is 2.73. The normalized spacial score (nSPS) is 12.1. The van der Waals surface area contributed by atoms with Crippen LogP contribution in [-0.4, -0.2) is 0 Å². The van der Waals surface area contributed by atoms with Crippen molar-refractivity contribution in [1.29, 1.82) is 0 Å². The highest BCUT2D eigenvalue weighted by atomic mass is 19.4. The Morgan fingerprint density at radius 3 is 2.00 bits per heavy atom. The summed E-state index contributed by atoms with van der Waals surface area (Å²) in [5, 5.41) is 1.74. The second kappa shape index (κ2) is 7.71. The molecular formula is C25H19F5. The van der Waals surface area contributed by atoms with E-state index in [0.717, 1.165) is 25.0 Å². The van der Waals surface area contributed by atoms with E-state index < -0.39 is 23.4 Å². The number of hydrogen-bond acceptors (Lipinski definition) is 0. The number of rotatable bonds is 4. The molecule has 0 atom stereocenters. The van der Waals surface area contributed by atoms with E-state index in [2.05, 4.69) is 0 Å². The van der Waals surface area contributed by atoms with E-state index in [1.165, 1.54) is 18.2 Å². The van der Waals surface area contributed by atoms with Crippen molar-refractivity contribution in [1.82, 2.24) is 0 Å². The van der Waals surface area contributed by atoms with E-state index in [0.29, 0.717) is 39.3 Å². The molecule has 0 unspecified atom stereocenters. The third-order valence-corrected chi connectivity index (χ3v) is 5.44. The minimum absolute atomic E-state index is 0.246. The van der Waals surface area contributed by atoms with Crippen molar-refractivity contribution in [2.24, 2.45) is 0 Å². The van der Waals surface area contributed by atoms with Crippen molar-refractivity contribution in [3.63, 3.8) is 0 Å². The van der Waals surface area contributed by atoms with Crippen LogP contribution in [0.15, 0.2) is 60.7 Å². The Bertz CT molecular complexity index is 1220. The minimum atomic E-state index is -4.41. The summed E-state index contributed by atoms with van der Waals surface area (Å²) in [6.07, 6.45) is -2.01. The molecule has 30 heavy (non-hydrogen) atoms. The molecule has 0 amide bonds. The van der Waals surface area contributed by atoms with Crippen LogP contribution in [0.5, 0.6) is 0 Å². The molecule has 4 aromatic carbocycles. The number of unbranched alkanes of at least 4 members (excludes halogenated alkanes) is 1. The monoisotopic (exact) mass is 414 g/mol. The van der Waals surface area contributed by atoms with Gasteiger partial charge in [0.1, 0.15) is 11.6 Å². The lowest BCUT2D eigenvalue weighted by atomic mass is 9.94. The van der Waals surface area contributed by atoms with Crippen molar-refractivity contribution in [2.45, 2.75) is 32.4 Å². The first kappa shape index (κ1) is 20.3. The van der Waals surface area contributed by atoms with Crippen LogP contribution < -0.4 is 0 Å². The molecule has 0 heterocycles. The van der Waals surface area contributed by atoms with Crippen LogP contribution in [0.1, 0.15) is 30.9 Å². The van der Waals surface area contributed by atoms with Crippen LogP contribution in [0.2, 0.25) is 0 Å². The van der Waals surface area contributed by atoms with Crippen LogP contribution in [-0.2, 0) is 12.6 Å². The second-order valence-corrected chi connectivity index (χ2v) is 7.43. The summed E-state index contributed by atoms with van der Waals surface area (Å²) >= 11 is 0. The van der Waals surface area contributed by atoms with Gasteiger partial charge in [-0.2, -0.15) is 13.2 Å². The number of benzene rings is 4. The molecule has 0 N–H and O–H groups in total. The summed E-state index contributed by atoms with van der Waals surface area (Å²) in [6, 6.07) is 14.5. The topological polar surface area (TPSA) is 0 Å². The molecule has 0 fully saturated rings. The van der Waals surface area contributed by atoms with Gasteiger partial charge in [-0.15, -0.1) is 0 Å². The third-order valence-electron chi connectivity index (χ3n) is 5.44. The Hall–Kier alpha value is -2.95. The predicted molar refractivity (Wildman–Crippen MR) is 110 cm³/mol. The molecule has 0 aromatic heterocycles. The molecule has 0 radical (unpaired) electrons. The summed E-state index contributed by atoms with van der Waals surface area (Å²) in [5.74, 6) is -0.952. The van der Waals surface area contributed by atoms with Gasteiger partial charge < -0.3 is 0 Å². The lowest BCUT2D eigenvalue weighted by molar-refractivity contribution is -0.137. The molecule has 0 aliphatic heterocycles. The van der Waals surface area contributed by atoms with Gasteiger partial charge >= 0.3 is 6.18 Å². The van der Waals surface area contributed by atoms with Gasteiger partial charge in [0.15, 0.2) is 0 Å². The van der Waals surface area contributed by atoms with Crippen molar-refractivity contribution in [2.75, 3.05) is 0 Å². The lowest BCUT2D eigenvalue weighted by Crippen LogP contribution is -2.03. The first-order chi connectivity index (χ1) is 14.3. The van der Waals surface area contributed by atoms with Crippen molar-refractivity contribution in [3.8, 4) is 11.1 Å². The lowest BCUT2D eigenvalue weighted by Gasteiger charge is -2.12. The molecule has 5 heteroatoms. The molecule has 0 saturated heterocycles. The number of hydrogen-bond donors (Lipinski definition) is 0. The van der Waals surface area contributed by atoms with Crippen LogP contribution >= 0.6 is 0 Å². The highest BCUT2D eigenvalue weighted by Crippen LogP contribution is 2.35. The second-order valence-electron chi connectivity index (χ2n) is 7.43. The van der Waals surface area contributed by atoms with Crippen LogP contribution in [0.3, 0.4) is 0 Å². The average molecular weight is 414 g/mol. The summed E-state index contributed by atoms with van der Waals surface area (Å²) in [4.78, 5) is 0. The van der Waals surface area contributed by atoms with Crippen molar-refractivity contribution in [3.05, 3.63) is 83.4 Å². The molecule has 0 aliphatic rings. The number of fused-ring (bicyclic) bond motifs is 3. The standard InChI is InChI=1S/C25H19F5/c1-2-3-4-16-7-11-20-19-12-8-17(13-21(19)23(26)14-22(20)24(16)27)15-5-9-18(10-6-15)25(28,29)30/h5-14H,2-4H2,1H3. The first-order valence-corrected chi connectivity index (χ1v) is 9.80. The van der Waals surface area contributed by atoms with Crippen LogP contribution in [0.4, 0.5) is 22.0 Å². The van der Waals surface area contributed by atoms with Crippen molar-refractivity contribution >= 4 is 21.5 Å². The number of aryl methyl sites for hydroxylation is 1. The van der Waals surface area contributed by atoms with Gasteiger partial charge in [0.25, 0.3) is 0 Å². The zero-order valence-corrected chi connectivity index (χ0v) is 16.3. The van der Waals surface area contributed by atoms with Gasteiger partial charge in [0.2, 0.25) is 0 Å². The molecule has 0 spiro atoms. The highest BCUT2D eigenvalue weighted by Gasteiger charge is 2.30. The summed E-state index contributed by atoms with van der Waals surface area (Å²) in [5.41, 5.74) is 0.975. The van der Waals surface area contributed by atoms with Crippen LogP contribution in [0, 0.1) is 11.6 Å². The highest BCUT2D eigenvalue weighted by molar-refractivity contribution is 6.09. The first-order valence-electron chi connectivity index (χ1n) is 9.80. The predicted octanol–water partition coefficient (Wildman–Crippen LogP) is 8.30. The summed E-state index contributed by atoms with van der Waals surface area (Å²) in [7, 11) is 0. The zero-order chi connectivity index (χ0) is 21.5. The van der Waals surface area contributed by atoms with E-state index in [1.807, 2.05) is 13.0 Å². The molecule has 0 aliphatic carbocycles. The third kappa shape index (κ3) is 3.64. The molecule has 4 rings (SSSR count). The van der Waals surface area contributed by atoms with E-state index in [-0.39, 0.29) is 5.39 Å². The summed E-state index contributed by atoms with van der Waals surface area (Å²) in [6.45, 7) is 2.03. The molecule has 0 bridgehead atoms. The Morgan fingerprint density at radius 2 is 1.33 bits per heavy atom. The van der Waals surface area contributed by atoms with Crippen LogP contribution in [0.25, 0.3) is 32.7 Å². The van der Waals surface area contributed by atoms with Gasteiger partial charge in [-0.25, -0.2) is 8.78 Å². The Kier molecular flexibility index (Phi) is 5.22. The molecular weight excluding hydrogens is 395 g/mol. The summed E-state index contributed by atoms with van der Waals surface area (Å²) < 4.78 is 68.1. The van der Waals surface area contributed by atoms with E-state index in [1.54, 1.807) is 24.3 Å². The smallest absolute Gasteiger partial charge is 0.206 e. The molecule has 154 valence electrons. The molecule has 0 nitrogen and oxygen atoms in total. The fraction of sp³-hybridized carbons (Fsp3) is 0.200. The maximum Gasteiger partial charge on any atom is 0.416 e. The Morgan fingerprint density at radius 1 is 0.700 bits per heavy atom. The van der Waals surface area contributed by atoms with E-state index in [4.69, 9.17) is 0 Å². The maximum atomic E-state index is 14.9. The van der Waals surface area contributed by atoms with Gasteiger partial charge in [-0.05, 0) is 64.6 Å². The number of halogens is 5. The molecule has 0 saturated carbocycles. The number of alkyl halides is 3. The van der Waals surface area contributed by atoms with Crippen molar-refractivity contribution < 1.29 is 22.0 Å². The van der Waals surface area contributed by atoms with Gasteiger partial charge in [-0.3, -0.25) is 0 Å². The Balaban J connectivity index is 1.82. The fourth-order valence-electron chi connectivity index (χ4n) is 3.79. The van der Waals surface area contributed by atoms with E-state index in [9.17, 15) is 22.0 Å². The Labute approximate surface area is 171 Å². The molecule has 4 aromatic rings. The van der Waals surface area contributed by atoms with Gasteiger partial charge in [0.05, 0.1) is 5.56 Å².